The summed E-state index contributed by atoms with van der Waals surface area (Å²) in [7, 11) is -3.54. The lowest BCUT2D eigenvalue weighted by Crippen LogP contribution is -2.52. The maximum absolute atomic E-state index is 12.9. The molecule has 0 unspecified atom stereocenters. The van der Waals surface area contributed by atoms with E-state index in [4.69, 9.17) is 4.74 Å². The molecule has 1 amide bonds. The molecule has 1 fully saturated rings. The lowest BCUT2D eigenvalue weighted by molar-refractivity contribution is -0.140. The SMILES string of the molecule is CC(C)(C)C(=O)N1CCN(S(=O)(=O)c2ccc3c(c2)CCCO3)CC1. The van der Waals surface area contributed by atoms with Gasteiger partial charge in [0, 0.05) is 31.6 Å². The van der Waals surface area contributed by atoms with Gasteiger partial charge in [-0.3, -0.25) is 4.79 Å². The summed E-state index contributed by atoms with van der Waals surface area (Å²) in [6, 6.07) is 5.10. The molecular weight excluding hydrogens is 340 g/mol. The molecule has 3 rings (SSSR count). The van der Waals surface area contributed by atoms with Crippen molar-refractivity contribution in [2.45, 2.75) is 38.5 Å². The number of rotatable bonds is 2. The zero-order valence-corrected chi connectivity index (χ0v) is 15.9. The molecule has 0 radical (unpaired) electrons. The predicted octanol–water partition coefficient (Wildman–Crippen LogP) is 1.89. The van der Waals surface area contributed by atoms with Crippen LogP contribution in [0.3, 0.4) is 0 Å². The van der Waals surface area contributed by atoms with Crippen molar-refractivity contribution in [1.29, 1.82) is 0 Å². The summed E-state index contributed by atoms with van der Waals surface area (Å²) in [6.07, 6.45) is 1.75. The minimum Gasteiger partial charge on any atom is -0.493 e. The molecule has 2 aliphatic rings. The van der Waals surface area contributed by atoms with E-state index in [1.165, 1.54) is 4.31 Å². The number of hydrogen-bond donors (Lipinski definition) is 0. The molecule has 0 saturated carbocycles. The fraction of sp³-hybridized carbons (Fsp3) is 0.611. The lowest BCUT2D eigenvalue weighted by atomic mass is 9.94. The highest BCUT2D eigenvalue weighted by Gasteiger charge is 2.34. The van der Waals surface area contributed by atoms with E-state index in [0.29, 0.717) is 37.7 Å². The van der Waals surface area contributed by atoms with Gasteiger partial charge in [0.25, 0.3) is 0 Å². The summed E-state index contributed by atoms with van der Waals surface area (Å²) >= 11 is 0. The summed E-state index contributed by atoms with van der Waals surface area (Å²) < 4.78 is 32.9. The summed E-state index contributed by atoms with van der Waals surface area (Å²) in [6.45, 7) is 7.86. The van der Waals surface area contributed by atoms with E-state index in [9.17, 15) is 13.2 Å². The highest BCUT2D eigenvalue weighted by molar-refractivity contribution is 7.89. The van der Waals surface area contributed by atoms with Crippen LogP contribution in [0, 0.1) is 5.41 Å². The number of fused-ring (bicyclic) bond motifs is 1. The Hall–Kier alpha value is -1.60. The first-order chi connectivity index (χ1) is 11.7. The van der Waals surface area contributed by atoms with Crippen LogP contribution in [0.2, 0.25) is 0 Å². The largest absolute Gasteiger partial charge is 0.493 e. The van der Waals surface area contributed by atoms with E-state index in [2.05, 4.69) is 0 Å². The second-order valence-electron chi connectivity index (χ2n) is 7.67. The normalized spacial score (nSPS) is 19.2. The Bertz CT molecular complexity index is 760. The molecule has 0 spiro atoms. The van der Waals surface area contributed by atoms with Gasteiger partial charge < -0.3 is 9.64 Å². The van der Waals surface area contributed by atoms with Gasteiger partial charge in [0.15, 0.2) is 0 Å². The van der Waals surface area contributed by atoms with Gasteiger partial charge in [-0.1, -0.05) is 20.8 Å². The van der Waals surface area contributed by atoms with Crippen LogP contribution in [0.5, 0.6) is 5.75 Å². The van der Waals surface area contributed by atoms with Gasteiger partial charge in [0.1, 0.15) is 5.75 Å². The smallest absolute Gasteiger partial charge is 0.243 e. The van der Waals surface area contributed by atoms with Crippen molar-refractivity contribution in [3.8, 4) is 5.75 Å². The van der Waals surface area contributed by atoms with Crippen molar-refractivity contribution in [3.05, 3.63) is 23.8 Å². The van der Waals surface area contributed by atoms with E-state index in [0.717, 1.165) is 24.2 Å². The average molecular weight is 366 g/mol. The van der Waals surface area contributed by atoms with Gasteiger partial charge in [-0.15, -0.1) is 0 Å². The van der Waals surface area contributed by atoms with Crippen LogP contribution >= 0.6 is 0 Å². The van der Waals surface area contributed by atoms with Crippen LogP contribution in [-0.4, -0.2) is 56.3 Å². The maximum Gasteiger partial charge on any atom is 0.243 e. The van der Waals surface area contributed by atoms with Crippen LogP contribution in [0.1, 0.15) is 32.8 Å². The molecule has 25 heavy (non-hydrogen) atoms. The van der Waals surface area contributed by atoms with E-state index < -0.39 is 15.4 Å². The number of sulfonamides is 1. The Morgan fingerprint density at radius 3 is 2.44 bits per heavy atom. The standard InChI is InChI=1S/C18H26N2O4S/c1-18(2,3)17(21)19-8-10-20(11-9-19)25(22,23)15-6-7-16-14(13-15)5-4-12-24-16/h6-7,13H,4-5,8-12H2,1-3H3. The van der Waals surface area contributed by atoms with Crippen molar-refractivity contribution in [2.75, 3.05) is 32.8 Å². The van der Waals surface area contributed by atoms with E-state index in [1.807, 2.05) is 20.8 Å². The molecule has 1 aromatic rings. The first-order valence-electron chi connectivity index (χ1n) is 8.75. The number of benzene rings is 1. The molecule has 0 N–H and O–H groups in total. The minimum absolute atomic E-state index is 0.0653. The maximum atomic E-state index is 12.9. The Labute approximate surface area is 149 Å². The highest BCUT2D eigenvalue weighted by atomic mass is 32.2. The third kappa shape index (κ3) is 3.67. The van der Waals surface area contributed by atoms with Gasteiger partial charge in [0.05, 0.1) is 11.5 Å². The quantitative estimate of drug-likeness (QED) is 0.802. The molecule has 6 nitrogen and oxygen atoms in total. The number of hydrogen-bond acceptors (Lipinski definition) is 4. The second-order valence-corrected chi connectivity index (χ2v) is 9.61. The van der Waals surface area contributed by atoms with Gasteiger partial charge in [-0.05, 0) is 36.6 Å². The van der Waals surface area contributed by atoms with Crippen LogP contribution in [0.25, 0.3) is 0 Å². The molecule has 0 atom stereocenters. The van der Waals surface area contributed by atoms with Gasteiger partial charge in [-0.2, -0.15) is 4.31 Å². The van der Waals surface area contributed by atoms with E-state index in [1.54, 1.807) is 23.1 Å². The molecular formula is C18H26N2O4S. The molecule has 7 heteroatoms. The Balaban J connectivity index is 1.73. The van der Waals surface area contributed by atoms with Gasteiger partial charge >= 0.3 is 0 Å². The summed E-state index contributed by atoms with van der Waals surface area (Å²) in [5, 5.41) is 0. The fourth-order valence-corrected chi connectivity index (χ4v) is 4.73. The van der Waals surface area contributed by atoms with Crippen molar-refractivity contribution >= 4 is 15.9 Å². The highest BCUT2D eigenvalue weighted by Crippen LogP contribution is 2.29. The van der Waals surface area contributed by atoms with Crippen molar-refractivity contribution in [1.82, 2.24) is 9.21 Å². The first kappa shape index (κ1) is 18.2. The topological polar surface area (TPSA) is 66.9 Å². The third-order valence-electron chi connectivity index (χ3n) is 4.69. The third-order valence-corrected chi connectivity index (χ3v) is 6.58. The number of nitrogens with zero attached hydrogens (tertiary/aromatic N) is 2. The molecule has 138 valence electrons. The number of carbonyl (C=O) groups is 1. The van der Waals surface area contributed by atoms with Crippen LogP contribution < -0.4 is 4.74 Å². The Morgan fingerprint density at radius 2 is 1.80 bits per heavy atom. The number of ether oxygens (including phenoxy) is 1. The molecule has 2 aliphatic heterocycles. The fourth-order valence-electron chi connectivity index (χ4n) is 3.25. The van der Waals surface area contributed by atoms with Crippen molar-refractivity contribution in [3.63, 3.8) is 0 Å². The van der Waals surface area contributed by atoms with Gasteiger partial charge in [-0.25, -0.2) is 8.42 Å². The zero-order valence-electron chi connectivity index (χ0n) is 15.1. The predicted molar refractivity (Wildman–Crippen MR) is 95.1 cm³/mol. The Kier molecular flexibility index (Phi) is 4.81. The molecule has 1 saturated heterocycles. The zero-order chi connectivity index (χ0) is 18.2. The van der Waals surface area contributed by atoms with Crippen molar-refractivity contribution < 1.29 is 17.9 Å². The number of amides is 1. The first-order valence-corrected chi connectivity index (χ1v) is 10.2. The Morgan fingerprint density at radius 1 is 1.12 bits per heavy atom. The minimum atomic E-state index is -3.54. The monoisotopic (exact) mass is 366 g/mol. The van der Waals surface area contributed by atoms with Crippen LogP contribution in [0.15, 0.2) is 23.1 Å². The van der Waals surface area contributed by atoms with E-state index in [-0.39, 0.29) is 5.91 Å². The average Bonchev–Trinajstić information content (AvgIpc) is 2.60. The molecule has 0 bridgehead atoms. The number of aryl methyl sites for hydroxylation is 1. The molecule has 1 aromatic carbocycles. The number of carbonyl (C=O) groups excluding carboxylic acids is 1. The lowest BCUT2D eigenvalue weighted by Gasteiger charge is -2.37. The summed E-state index contributed by atoms with van der Waals surface area (Å²) in [5.74, 6) is 0.848. The summed E-state index contributed by atoms with van der Waals surface area (Å²) in [5.41, 5.74) is 0.508. The summed E-state index contributed by atoms with van der Waals surface area (Å²) in [4.78, 5) is 14.4. The number of piperazine rings is 1. The van der Waals surface area contributed by atoms with Crippen LogP contribution in [0.4, 0.5) is 0 Å². The second kappa shape index (κ2) is 6.61. The van der Waals surface area contributed by atoms with Gasteiger partial charge in [0.2, 0.25) is 15.9 Å². The molecule has 2 heterocycles. The van der Waals surface area contributed by atoms with Crippen molar-refractivity contribution in [2.24, 2.45) is 5.41 Å². The van der Waals surface area contributed by atoms with E-state index >= 15 is 0 Å². The molecule has 0 aliphatic carbocycles. The van der Waals surface area contributed by atoms with Crippen LogP contribution in [-0.2, 0) is 21.2 Å². The molecule has 0 aromatic heterocycles.